The number of rotatable bonds is 0. The Morgan fingerprint density at radius 1 is 0.317 bits per heavy atom. The van der Waals surface area contributed by atoms with Crippen LogP contribution in [0.3, 0.4) is 0 Å². The molecule has 354 valence electrons. The second kappa shape index (κ2) is 36.1. The number of hydrogen-bond acceptors (Lipinski definition) is 0. The molecule has 1 heteroatoms. The van der Waals surface area contributed by atoms with Crippen molar-refractivity contribution in [2.45, 2.75) is 222 Å². The van der Waals surface area contributed by atoms with Gasteiger partial charge in [0.05, 0.1) is 0 Å². The largest absolute Gasteiger partial charge is 0.207 e. The fourth-order valence-electron chi connectivity index (χ4n) is 7.68. The number of halogens is 1. The maximum absolute atomic E-state index is 12.6. The number of benzene rings is 3. The fraction of sp³-hybridized carbons (Fsp3) is 0.695. The van der Waals surface area contributed by atoms with Crippen LogP contribution >= 0.6 is 0 Å². The van der Waals surface area contributed by atoms with E-state index in [1.165, 1.54) is 131 Å². The van der Waals surface area contributed by atoms with Gasteiger partial charge in [0.25, 0.3) is 0 Å². The molecule has 3 aromatic carbocycles. The molecule has 7 rings (SSSR count). The predicted octanol–water partition coefficient (Wildman–Crippen LogP) is 21.0. The lowest BCUT2D eigenvalue weighted by Gasteiger charge is -2.22. The summed E-state index contributed by atoms with van der Waals surface area (Å²) in [5, 5.41) is 0. The minimum Gasteiger partial charge on any atom is -0.207 e. The first-order valence-corrected chi connectivity index (χ1v) is 23.7. The van der Waals surface area contributed by atoms with E-state index in [2.05, 4.69) is 132 Å². The third kappa shape index (κ3) is 33.2. The van der Waals surface area contributed by atoms with Gasteiger partial charge < -0.3 is 0 Å². The van der Waals surface area contributed by atoms with Gasteiger partial charge in [-0.25, -0.2) is 4.39 Å². The molecule has 0 N–H and O–H groups in total. The first-order chi connectivity index (χ1) is 26.9. The highest BCUT2D eigenvalue weighted by Crippen LogP contribution is 2.29. The quantitative estimate of drug-likeness (QED) is 0.212. The van der Waals surface area contributed by atoms with Gasteiger partial charge >= 0.3 is 0 Å². The Bertz CT molecular complexity index is 1170. The first kappa shape index (κ1) is 61.9. The van der Waals surface area contributed by atoms with Crippen molar-refractivity contribution in [2.75, 3.05) is 0 Å². The highest BCUT2D eigenvalue weighted by atomic mass is 19.1. The van der Waals surface area contributed by atoms with Crippen LogP contribution in [-0.2, 0) is 0 Å². The second-order valence-electron chi connectivity index (χ2n) is 20.0. The smallest absolute Gasteiger partial charge is 0.126 e. The minimum absolute atomic E-state index is 0. The topological polar surface area (TPSA) is 0 Å². The Hall–Kier alpha value is -2.41. The van der Waals surface area contributed by atoms with Crippen LogP contribution in [-0.4, -0.2) is 0 Å². The molecule has 0 saturated heterocycles. The Morgan fingerprint density at radius 3 is 0.600 bits per heavy atom. The van der Waals surface area contributed by atoms with E-state index in [4.69, 9.17) is 0 Å². The standard InChI is InChI=1S/C8H9F.4C8H16.2C8H10.3CH4.3H2/c1-6-3-4-7(2)8(9)5-6;6*1-7-3-5-8(2)6-4-7;;;;;;/h3-5H,1-2H3;4*7-8H,3-6H2,1-2H3;2*3-6H,1-2H3;3*1H4;3*1H/i;;;;;;;;;;1+1;;. The molecule has 0 radical (unpaired) electrons. The molecule has 3 aromatic rings. The number of aryl methyl sites for hydroxylation is 6. The van der Waals surface area contributed by atoms with Crippen molar-refractivity contribution in [3.63, 3.8) is 0 Å². The zero-order chi connectivity index (χ0) is 42.8. The lowest BCUT2D eigenvalue weighted by Crippen LogP contribution is -2.08. The van der Waals surface area contributed by atoms with E-state index >= 15 is 0 Å². The van der Waals surface area contributed by atoms with Crippen molar-refractivity contribution in [1.82, 2.24) is 0 Å². The van der Waals surface area contributed by atoms with E-state index in [9.17, 15) is 4.39 Å². The average Bonchev–Trinajstić information content (AvgIpc) is 3.19. The van der Waals surface area contributed by atoms with Gasteiger partial charge in [0.2, 0.25) is 0 Å². The normalized spacial score (nSPS) is 25.1. The third-order valence-corrected chi connectivity index (χ3v) is 13.0. The summed E-state index contributed by atoms with van der Waals surface area (Å²) in [6.45, 7) is 31.0. The van der Waals surface area contributed by atoms with Gasteiger partial charge in [-0.15, -0.1) is 0 Å². The fourth-order valence-corrected chi connectivity index (χ4v) is 7.68. The van der Waals surface area contributed by atoms with Gasteiger partial charge in [-0.1, -0.05) is 263 Å². The van der Waals surface area contributed by atoms with Crippen molar-refractivity contribution in [1.29, 1.82) is 0 Å². The van der Waals surface area contributed by atoms with E-state index in [-0.39, 0.29) is 32.4 Å². The van der Waals surface area contributed by atoms with Crippen LogP contribution in [0.2, 0.25) is 0 Å². The van der Waals surface area contributed by atoms with E-state index in [1.54, 1.807) is 13.0 Å². The Labute approximate surface area is 382 Å². The summed E-state index contributed by atoms with van der Waals surface area (Å²) in [7, 11) is 0. The molecule has 0 unspecified atom stereocenters. The van der Waals surface area contributed by atoms with Crippen molar-refractivity contribution in [3.8, 4) is 0 Å². The van der Waals surface area contributed by atoms with Crippen LogP contribution in [0, 0.1) is 94.7 Å². The summed E-state index contributed by atoms with van der Waals surface area (Å²) in [5.74, 6) is 8.04. The van der Waals surface area contributed by atoms with Crippen LogP contribution in [0.15, 0.2) is 66.7 Å². The molecule has 0 atom stereocenters. The zero-order valence-corrected chi connectivity index (χ0v) is 40.2. The van der Waals surface area contributed by atoms with Crippen LogP contribution in [0.4, 0.5) is 4.39 Å². The van der Waals surface area contributed by atoms with E-state index in [0.717, 1.165) is 52.9 Å². The Kier molecular flexibility index (Phi) is 37.2. The van der Waals surface area contributed by atoms with Gasteiger partial charge in [0, 0.05) is 4.28 Å². The van der Waals surface area contributed by atoms with Gasteiger partial charge in [-0.3, -0.25) is 0 Å². The van der Waals surface area contributed by atoms with Crippen molar-refractivity contribution < 1.29 is 8.67 Å². The summed E-state index contributed by atoms with van der Waals surface area (Å²) in [4.78, 5) is 0. The van der Waals surface area contributed by atoms with Crippen LogP contribution in [0.25, 0.3) is 0 Å². The highest BCUT2D eigenvalue weighted by molar-refractivity contribution is 5.22. The molecule has 0 spiro atoms. The summed E-state index contributed by atoms with van der Waals surface area (Å²) in [6, 6.07) is 22.2. The molecule has 0 aliphatic heterocycles. The molecule has 0 bridgehead atoms. The zero-order valence-electron chi connectivity index (χ0n) is 40.2. The van der Waals surface area contributed by atoms with Gasteiger partial charge in [-0.2, -0.15) is 0 Å². The van der Waals surface area contributed by atoms with Crippen molar-refractivity contribution in [2.24, 2.45) is 47.3 Å². The average molecular weight is 841 g/mol. The predicted molar refractivity (Wildman–Crippen MR) is 281 cm³/mol. The molecule has 4 fully saturated rings. The summed E-state index contributed by atoms with van der Waals surface area (Å²) in [5.41, 5.74) is 7.00. The van der Waals surface area contributed by atoms with Crippen LogP contribution in [0.1, 0.15) is 218 Å². The Balaban J connectivity index is -0.000000148. The number of hydrogen-bond donors (Lipinski definition) is 0. The molecule has 4 saturated carbocycles. The van der Waals surface area contributed by atoms with Crippen LogP contribution < -0.4 is 0 Å². The maximum atomic E-state index is 12.6. The summed E-state index contributed by atoms with van der Waals surface area (Å²) >= 11 is 0. The van der Waals surface area contributed by atoms with E-state index in [1.807, 2.05) is 13.0 Å². The summed E-state index contributed by atoms with van der Waals surface area (Å²) in [6.07, 6.45) is 23.6. The molecule has 4 aliphatic carbocycles. The molecule has 0 amide bonds. The molecule has 60 heavy (non-hydrogen) atoms. The Morgan fingerprint density at radius 2 is 0.467 bits per heavy atom. The molecular weight excluding hydrogens is 728 g/mol. The van der Waals surface area contributed by atoms with Crippen LogP contribution in [0.5, 0.6) is 0 Å². The SMILES string of the molecule is C.C.C.CC1CCC(C)CC1.CC1CCC(C)CC1.CC1CCC(C)CC1.CC1CCC(C)CC1.Cc1ccc(C)c(F)c1.Cc1ccc(C)cc1.Cc1ccc(C)cc1.[2HH].[HH].[HH]. The summed E-state index contributed by atoms with van der Waals surface area (Å²) < 4.78 is 12.6. The second-order valence-corrected chi connectivity index (χ2v) is 20.0. The third-order valence-electron chi connectivity index (χ3n) is 13.0. The molecular formula is C59H111F. The van der Waals surface area contributed by atoms with Gasteiger partial charge in [0.1, 0.15) is 5.82 Å². The van der Waals surface area contributed by atoms with Crippen molar-refractivity contribution >= 4 is 0 Å². The van der Waals surface area contributed by atoms with E-state index < -0.39 is 0 Å². The minimum atomic E-state index is -0.116. The molecule has 0 aromatic heterocycles. The highest BCUT2D eigenvalue weighted by Gasteiger charge is 2.15. The molecule has 4 aliphatic rings. The first-order valence-electron chi connectivity index (χ1n) is 23.7. The lowest BCUT2D eigenvalue weighted by atomic mass is 9.84. The van der Waals surface area contributed by atoms with E-state index in [0.29, 0.717) is 5.56 Å². The molecule has 0 heterocycles. The lowest BCUT2D eigenvalue weighted by molar-refractivity contribution is 0.308. The molecule has 0 nitrogen and oxygen atoms in total. The monoisotopic (exact) mass is 840 g/mol. The van der Waals surface area contributed by atoms with Gasteiger partial charge in [-0.05, 0) is 106 Å². The van der Waals surface area contributed by atoms with Gasteiger partial charge in [0.15, 0.2) is 0 Å². The maximum Gasteiger partial charge on any atom is 0.126 e. The van der Waals surface area contributed by atoms with Crippen molar-refractivity contribution in [3.05, 3.63) is 106 Å².